The van der Waals surface area contributed by atoms with Gasteiger partial charge in [-0.3, -0.25) is 4.99 Å². The van der Waals surface area contributed by atoms with Crippen molar-refractivity contribution in [3.8, 4) is 0 Å². The van der Waals surface area contributed by atoms with Gasteiger partial charge in [-0.25, -0.2) is 0 Å². The minimum Gasteiger partial charge on any atom is -0.357 e. The van der Waals surface area contributed by atoms with E-state index in [1.165, 1.54) is 45.2 Å². The van der Waals surface area contributed by atoms with Gasteiger partial charge >= 0.3 is 0 Å². The second kappa shape index (κ2) is 10.1. The fraction of sp³-hybridized carbons (Fsp3) is 0.933. The summed E-state index contributed by atoms with van der Waals surface area (Å²) in [5.41, 5.74) is 0. The lowest BCUT2D eigenvalue weighted by Gasteiger charge is -2.28. The van der Waals surface area contributed by atoms with E-state index in [0.717, 1.165) is 31.5 Å². The Morgan fingerprint density at radius 3 is 2.53 bits per heavy atom. The van der Waals surface area contributed by atoms with Crippen LogP contribution in [0.4, 0.5) is 0 Å². The van der Waals surface area contributed by atoms with Crippen molar-refractivity contribution in [1.82, 2.24) is 15.5 Å². The Bertz CT molecular complexity index is 245. The van der Waals surface area contributed by atoms with Crippen LogP contribution in [0.3, 0.4) is 0 Å². The van der Waals surface area contributed by atoms with Crippen LogP contribution in [0, 0.1) is 5.92 Å². The van der Waals surface area contributed by atoms with Crippen molar-refractivity contribution in [3.05, 3.63) is 0 Å². The summed E-state index contributed by atoms with van der Waals surface area (Å²) in [7, 11) is 2.21. The highest BCUT2D eigenvalue weighted by molar-refractivity contribution is 5.79. The van der Waals surface area contributed by atoms with E-state index < -0.39 is 0 Å². The SMILES string of the molecule is CCCCCNC(=NCC1CCN(C)CC1)NCC. The van der Waals surface area contributed by atoms with E-state index in [-0.39, 0.29) is 0 Å². The highest BCUT2D eigenvalue weighted by Gasteiger charge is 2.16. The zero-order chi connectivity index (χ0) is 13.9. The number of rotatable bonds is 7. The summed E-state index contributed by atoms with van der Waals surface area (Å²) >= 11 is 0. The maximum absolute atomic E-state index is 4.74. The molecule has 0 bridgehead atoms. The van der Waals surface area contributed by atoms with Crippen molar-refractivity contribution >= 4 is 5.96 Å². The molecular weight excluding hydrogens is 236 g/mol. The monoisotopic (exact) mass is 268 g/mol. The number of likely N-dealkylation sites (tertiary alicyclic amines) is 1. The Kier molecular flexibility index (Phi) is 8.63. The van der Waals surface area contributed by atoms with Gasteiger partial charge < -0.3 is 15.5 Å². The summed E-state index contributed by atoms with van der Waals surface area (Å²) in [6.45, 7) is 9.75. The van der Waals surface area contributed by atoms with Gasteiger partial charge in [-0.1, -0.05) is 19.8 Å². The predicted molar refractivity (Wildman–Crippen MR) is 83.7 cm³/mol. The van der Waals surface area contributed by atoms with Gasteiger partial charge in [0.05, 0.1) is 0 Å². The van der Waals surface area contributed by atoms with Crippen LogP contribution >= 0.6 is 0 Å². The average Bonchev–Trinajstić information content (AvgIpc) is 2.42. The van der Waals surface area contributed by atoms with Gasteiger partial charge in [-0.15, -0.1) is 0 Å². The van der Waals surface area contributed by atoms with Crippen LogP contribution in [0.2, 0.25) is 0 Å². The van der Waals surface area contributed by atoms with Crippen LogP contribution in [0.5, 0.6) is 0 Å². The maximum atomic E-state index is 4.74. The Balaban J connectivity index is 2.26. The van der Waals surface area contributed by atoms with Crippen molar-refractivity contribution in [3.63, 3.8) is 0 Å². The van der Waals surface area contributed by atoms with E-state index in [1.54, 1.807) is 0 Å². The molecule has 0 saturated carbocycles. The molecule has 4 nitrogen and oxygen atoms in total. The quantitative estimate of drug-likeness (QED) is 0.422. The molecule has 0 aromatic rings. The van der Waals surface area contributed by atoms with Gasteiger partial charge in [-0.05, 0) is 52.2 Å². The Labute approximate surface area is 119 Å². The number of nitrogens with zero attached hydrogens (tertiary/aromatic N) is 2. The second-order valence-electron chi connectivity index (χ2n) is 5.60. The lowest BCUT2D eigenvalue weighted by Crippen LogP contribution is -2.38. The summed E-state index contributed by atoms with van der Waals surface area (Å²) in [4.78, 5) is 7.15. The van der Waals surface area contributed by atoms with Gasteiger partial charge in [0.15, 0.2) is 5.96 Å². The molecule has 1 fully saturated rings. The van der Waals surface area contributed by atoms with Gasteiger partial charge in [0.25, 0.3) is 0 Å². The van der Waals surface area contributed by atoms with Crippen LogP contribution in [0.1, 0.15) is 46.0 Å². The number of nitrogens with one attached hydrogen (secondary N) is 2. The molecule has 1 aliphatic rings. The first-order valence-electron chi connectivity index (χ1n) is 7.97. The molecule has 112 valence electrons. The lowest BCUT2D eigenvalue weighted by molar-refractivity contribution is 0.223. The summed E-state index contributed by atoms with van der Waals surface area (Å²) in [5, 5.41) is 6.77. The highest BCUT2D eigenvalue weighted by Crippen LogP contribution is 2.15. The van der Waals surface area contributed by atoms with Crippen molar-refractivity contribution in [2.24, 2.45) is 10.9 Å². The molecule has 0 spiro atoms. The predicted octanol–water partition coefficient (Wildman–Crippen LogP) is 2.07. The zero-order valence-corrected chi connectivity index (χ0v) is 13.0. The molecule has 0 atom stereocenters. The van der Waals surface area contributed by atoms with Crippen molar-refractivity contribution in [2.45, 2.75) is 46.0 Å². The van der Waals surface area contributed by atoms with E-state index in [9.17, 15) is 0 Å². The third-order valence-corrected chi connectivity index (χ3v) is 3.76. The minimum atomic E-state index is 0.766. The summed E-state index contributed by atoms with van der Waals surface area (Å²) < 4.78 is 0. The summed E-state index contributed by atoms with van der Waals surface area (Å²) in [5.74, 6) is 1.76. The molecule has 0 unspecified atom stereocenters. The van der Waals surface area contributed by atoms with Crippen LogP contribution in [0.25, 0.3) is 0 Å². The van der Waals surface area contributed by atoms with E-state index in [4.69, 9.17) is 4.99 Å². The number of hydrogen-bond donors (Lipinski definition) is 2. The van der Waals surface area contributed by atoms with Crippen LogP contribution in [-0.2, 0) is 0 Å². The maximum Gasteiger partial charge on any atom is 0.191 e. The molecule has 1 saturated heterocycles. The van der Waals surface area contributed by atoms with Gasteiger partial charge in [0, 0.05) is 19.6 Å². The van der Waals surface area contributed by atoms with Crippen molar-refractivity contribution < 1.29 is 0 Å². The second-order valence-corrected chi connectivity index (χ2v) is 5.60. The Morgan fingerprint density at radius 2 is 1.89 bits per heavy atom. The molecule has 0 aromatic heterocycles. The van der Waals surface area contributed by atoms with E-state index in [2.05, 4.69) is 36.4 Å². The molecule has 4 heteroatoms. The topological polar surface area (TPSA) is 39.7 Å². The van der Waals surface area contributed by atoms with Gasteiger partial charge in [0.2, 0.25) is 0 Å². The van der Waals surface area contributed by atoms with Crippen LogP contribution in [-0.4, -0.2) is 50.6 Å². The minimum absolute atomic E-state index is 0.766. The number of hydrogen-bond acceptors (Lipinski definition) is 2. The largest absolute Gasteiger partial charge is 0.357 e. The van der Waals surface area contributed by atoms with Crippen molar-refractivity contribution in [2.75, 3.05) is 39.8 Å². The Hall–Kier alpha value is -0.770. The van der Waals surface area contributed by atoms with Crippen LogP contribution < -0.4 is 10.6 Å². The molecule has 0 radical (unpaired) electrons. The lowest BCUT2D eigenvalue weighted by atomic mass is 9.97. The van der Waals surface area contributed by atoms with E-state index in [0.29, 0.717) is 0 Å². The number of piperidine rings is 1. The standard InChI is InChI=1S/C15H32N4/c1-4-6-7-10-17-15(16-5-2)18-13-14-8-11-19(3)12-9-14/h14H,4-13H2,1-3H3,(H2,16,17,18). The Morgan fingerprint density at radius 1 is 1.16 bits per heavy atom. The molecule has 0 aromatic carbocycles. The molecule has 2 N–H and O–H groups in total. The molecular formula is C15H32N4. The highest BCUT2D eigenvalue weighted by atomic mass is 15.2. The zero-order valence-electron chi connectivity index (χ0n) is 13.0. The molecule has 19 heavy (non-hydrogen) atoms. The van der Waals surface area contributed by atoms with Crippen LogP contribution in [0.15, 0.2) is 4.99 Å². The number of guanidine groups is 1. The molecule has 1 heterocycles. The third-order valence-electron chi connectivity index (χ3n) is 3.76. The van der Waals surface area contributed by atoms with Gasteiger partial charge in [0.1, 0.15) is 0 Å². The molecule has 0 amide bonds. The fourth-order valence-electron chi connectivity index (χ4n) is 2.39. The summed E-state index contributed by atoms with van der Waals surface area (Å²) in [6.07, 6.45) is 6.37. The van der Waals surface area contributed by atoms with E-state index in [1.807, 2.05) is 0 Å². The van der Waals surface area contributed by atoms with Crippen molar-refractivity contribution in [1.29, 1.82) is 0 Å². The number of aliphatic imine (C=N–C) groups is 1. The fourth-order valence-corrected chi connectivity index (χ4v) is 2.39. The molecule has 1 rings (SSSR count). The smallest absolute Gasteiger partial charge is 0.191 e. The summed E-state index contributed by atoms with van der Waals surface area (Å²) in [6, 6.07) is 0. The van der Waals surface area contributed by atoms with Gasteiger partial charge in [-0.2, -0.15) is 0 Å². The number of unbranched alkanes of at least 4 members (excludes halogenated alkanes) is 2. The third kappa shape index (κ3) is 7.41. The molecule has 0 aliphatic carbocycles. The molecule has 1 aliphatic heterocycles. The first-order valence-corrected chi connectivity index (χ1v) is 7.97. The first-order chi connectivity index (χ1) is 9.26. The first kappa shape index (κ1) is 16.3. The van der Waals surface area contributed by atoms with E-state index >= 15 is 0 Å². The normalized spacial score (nSPS) is 18.6. The average molecular weight is 268 g/mol.